The lowest BCUT2D eigenvalue weighted by molar-refractivity contribution is 0.204. The summed E-state index contributed by atoms with van der Waals surface area (Å²) in [5.74, 6) is 1.90. The number of benzene rings is 1. The molecule has 1 fully saturated rings. The van der Waals surface area contributed by atoms with E-state index in [1.807, 2.05) is 31.2 Å². The van der Waals surface area contributed by atoms with Gasteiger partial charge in [0.2, 0.25) is 0 Å². The summed E-state index contributed by atoms with van der Waals surface area (Å²) >= 11 is 0. The van der Waals surface area contributed by atoms with E-state index >= 15 is 0 Å². The average Bonchev–Trinajstić information content (AvgIpc) is 3.29. The molecule has 1 aromatic carbocycles. The third-order valence-electron chi connectivity index (χ3n) is 3.47. The quantitative estimate of drug-likeness (QED) is 0.817. The van der Waals surface area contributed by atoms with Crippen LogP contribution in [0.3, 0.4) is 0 Å². The van der Waals surface area contributed by atoms with Crippen molar-refractivity contribution in [3.8, 4) is 17.6 Å². The van der Waals surface area contributed by atoms with Crippen molar-refractivity contribution < 1.29 is 9.47 Å². The minimum absolute atomic E-state index is 0.370. The highest BCUT2D eigenvalue weighted by atomic mass is 16.5. The van der Waals surface area contributed by atoms with Crippen LogP contribution in [-0.4, -0.2) is 25.8 Å². The number of hydrogen-bond acceptors (Lipinski definition) is 4. The smallest absolute Gasteiger partial charge is 0.143 e. The van der Waals surface area contributed by atoms with Gasteiger partial charge in [0, 0.05) is 6.07 Å². The first-order valence-electron chi connectivity index (χ1n) is 6.67. The van der Waals surface area contributed by atoms with Gasteiger partial charge in [-0.2, -0.15) is 5.26 Å². The van der Waals surface area contributed by atoms with Crippen LogP contribution in [-0.2, 0) is 0 Å². The van der Waals surface area contributed by atoms with E-state index in [0.29, 0.717) is 12.5 Å². The highest BCUT2D eigenvalue weighted by molar-refractivity contribution is 5.33. The van der Waals surface area contributed by atoms with Crippen LogP contribution in [0.4, 0.5) is 0 Å². The van der Waals surface area contributed by atoms with Gasteiger partial charge in [-0.25, -0.2) is 0 Å². The molecule has 1 saturated carbocycles. The van der Waals surface area contributed by atoms with Crippen LogP contribution in [0.15, 0.2) is 24.3 Å². The van der Waals surface area contributed by atoms with Gasteiger partial charge >= 0.3 is 0 Å². The van der Waals surface area contributed by atoms with E-state index in [1.165, 1.54) is 0 Å². The van der Waals surface area contributed by atoms with E-state index in [4.69, 9.17) is 9.47 Å². The Labute approximate surface area is 114 Å². The molecular formula is C15H20N2O2. The van der Waals surface area contributed by atoms with Gasteiger partial charge in [-0.05, 0) is 37.4 Å². The number of nitriles is 1. The minimum atomic E-state index is -0.558. The Morgan fingerprint density at radius 2 is 2.16 bits per heavy atom. The Morgan fingerprint density at radius 1 is 1.42 bits per heavy atom. The molecule has 1 unspecified atom stereocenters. The zero-order valence-electron chi connectivity index (χ0n) is 11.5. The SMILES string of the molecule is CCNC(C#N)(COc1cccc(OC)c1)C1CC1. The minimum Gasteiger partial charge on any atom is -0.497 e. The summed E-state index contributed by atoms with van der Waals surface area (Å²) in [6, 6.07) is 9.87. The molecule has 1 aliphatic rings. The Hall–Kier alpha value is -1.73. The summed E-state index contributed by atoms with van der Waals surface area (Å²) < 4.78 is 11.0. The van der Waals surface area contributed by atoms with E-state index in [2.05, 4.69) is 11.4 Å². The van der Waals surface area contributed by atoms with Gasteiger partial charge in [0.25, 0.3) is 0 Å². The molecule has 0 radical (unpaired) electrons. The molecular weight excluding hydrogens is 240 g/mol. The first kappa shape index (κ1) is 13.7. The normalized spacial score (nSPS) is 17.3. The summed E-state index contributed by atoms with van der Waals surface area (Å²) in [6.45, 7) is 3.15. The molecule has 102 valence electrons. The Morgan fingerprint density at radius 3 is 2.74 bits per heavy atom. The Kier molecular flexibility index (Phi) is 4.28. The summed E-state index contributed by atoms with van der Waals surface area (Å²) in [5.41, 5.74) is -0.558. The fourth-order valence-electron chi connectivity index (χ4n) is 2.26. The lowest BCUT2D eigenvalue weighted by atomic mass is 9.96. The van der Waals surface area contributed by atoms with Crippen molar-refractivity contribution in [2.24, 2.45) is 5.92 Å². The second-order valence-electron chi connectivity index (χ2n) is 4.86. The van der Waals surface area contributed by atoms with Gasteiger partial charge in [-0.1, -0.05) is 13.0 Å². The van der Waals surface area contributed by atoms with Crippen LogP contribution in [0.2, 0.25) is 0 Å². The molecule has 1 atom stereocenters. The molecule has 0 amide bonds. The molecule has 4 nitrogen and oxygen atoms in total. The van der Waals surface area contributed by atoms with Gasteiger partial charge in [-0.3, -0.25) is 5.32 Å². The second-order valence-corrected chi connectivity index (χ2v) is 4.86. The number of nitrogens with zero attached hydrogens (tertiary/aromatic N) is 1. The van der Waals surface area contributed by atoms with Crippen LogP contribution in [0, 0.1) is 17.2 Å². The summed E-state index contributed by atoms with van der Waals surface area (Å²) in [6.07, 6.45) is 2.20. The van der Waals surface area contributed by atoms with Crippen molar-refractivity contribution >= 4 is 0 Å². The number of hydrogen-bond donors (Lipinski definition) is 1. The fraction of sp³-hybridized carbons (Fsp3) is 0.533. The fourth-order valence-corrected chi connectivity index (χ4v) is 2.26. The van der Waals surface area contributed by atoms with E-state index in [0.717, 1.165) is 30.9 Å². The molecule has 0 saturated heterocycles. The van der Waals surface area contributed by atoms with Gasteiger partial charge in [-0.15, -0.1) is 0 Å². The largest absolute Gasteiger partial charge is 0.497 e. The van der Waals surface area contributed by atoms with Crippen molar-refractivity contribution in [2.45, 2.75) is 25.3 Å². The van der Waals surface area contributed by atoms with Gasteiger partial charge in [0.05, 0.1) is 13.2 Å². The topological polar surface area (TPSA) is 54.3 Å². The molecule has 0 spiro atoms. The molecule has 1 aromatic rings. The third kappa shape index (κ3) is 3.18. The Bertz CT molecular complexity index is 465. The molecule has 0 heterocycles. The number of rotatable bonds is 7. The summed E-state index contributed by atoms with van der Waals surface area (Å²) in [7, 11) is 1.63. The molecule has 19 heavy (non-hydrogen) atoms. The number of ether oxygens (including phenoxy) is 2. The van der Waals surface area contributed by atoms with E-state index in [1.54, 1.807) is 7.11 Å². The van der Waals surface area contributed by atoms with Crippen LogP contribution in [0.25, 0.3) is 0 Å². The average molecular weight is 260 g/mol. The maximum Gasteiger partial charge on any atom is 0.143 e. The van der Waals surface area contributed by atoms with Crippen LogP contribution in [0.1, 0.15) is 19.8 Å². The maximum atomic E-state index is 9.48. The van der Waals surface area contributed by atoms with Crippen molar-refractivity contribution in [3.05, 3.63) is 24.3 Å². The molecule has 4 heteroatoms. The third-order valence-corrected chi connectivity index (χ3v) is 3.47. The molecule has 1 N–H and O–H groups in total. The van der Waals surface area contributed by atoms with Crippen molar-refractivity contribution in [3.63, 3.8) is 0 Å². The second kappa shape index (κ2) is 5.94. The van der Waals surface area contributed by atoms with E-state index in [-0.39, 0.29) is 0 Å². The van der Waals surface area contributed by atoms with Gasteiger partial charge in [0.1, 0.15) is 23.6 Å². The summed E-state index contributed by atoms with van der Waals surface area (Å²) in [4.78, 5) is 0. The lowest BCUT2D eigenvalue weighted by Gasteiger charge is -2.27. The zero-order chi connectivity index (χ0) is 13.7. The molecule has 0 bridgehead atoms. The Balaban J connectivity index is 2.04. The molecule has 0 aromatic heterocycles. The number of methoxy groups -OCH3 is 1. The summed E-state index contributed by atoms with van der Waals surface area (Å²) in [5, 5.41) is 12.8. The van der Waals surface area contributed by atoms with Gasteiger partial charge < -0.3 is 9.47 Å². The van der Waals surface area contributed by atoms with E-state index in [9.17, 15) is 5.26 Å². The first-order chi connectivity index (χ1) is 9.24. The monoisotopic (exact) mass is 260 g/mol. The lowest BCUT2D eigenvalue weighted by Crippen LogP contribution is -2.50. The molecule has 0 aliphatic heterocycles. The first-order valence-corrected chi connectivity index (χ1v) is 6.67. The number of nitrogens with one attached hydrogen (secondary N) is 1. The molecule has 1 aliphatic carbocycles. The standard InChI is InChI=1S/C15H20N2O2/c1-3-17-15(10-16,12-7-8-12)11-19-14-6-4-5-13(9-14)18-2/h4-6,9,12,17H,3,7-8,11H2,1-2H3. The van der Waals surface area contributed by atoms with E-state index < -0.39 is 5.54 Å². The number of likely N-dealkylation sites (N-methyl/N-ethyl adjacent to an activating group) is 1. The van der Waals surface area contributed by atoms with Crippen molar-refractivity contribution in [1.82, 2.24) is 5.32 Å². The maximum absolute atomic E-state index is 9.48. The van der Waals surface area contributed by atoms with Crippen molar-refractivity contribution in [2.75, 3.05) is 20.3 Å². The van der Waals surface area contributed by atoms with Crippen molar-refractivity contribution in [1.29, 1.82) is 5.26 Å². The zero-order valence-corrected chi connectivity index (χ0v) is 11.5. The van der Waals surface area contributed by atoms with Crippen LogP contribution >= 0.6 is 0 Å². The van der Waals surface area contributed by atoms with Crippen LogP contribution in [0.5, 0.6) is 11.5 Å². The molecule has 2 rings (SSSR count). The highest BCUT2D eigenvalue weighted by Gasteiger charge is 2.46. The van der Waals surface area contributed by atoms with Gasteiger partial charge in [0.15, 0.2) is 0 Å². The predicted molar refractivity (Wildman–Crippen MR) is 73.2 cm³/mol. The van der Waals surface area contributed by atoms with Crippen LogP contribution < -0.4 is 14.8 Å². The highest BCUT2D eigenvalue weighted by Crippen LogP contribution is 2.39. The predicted octanol–water partition coefficient (Wildman–Crippen LogP) is 2.36.